The van der Waals surface area contributed by atoms with Crippen molar-refractivity contribution < 1.29 is 14.3 Å². The lowest BCUT2D eigenvalue weighted by atomic mass is 10.1. The SMILES string of the molecule is CCCCc1ccc(NC(=O)c2ccc(COC(=O)CC)nc2)cc1. The number of pyridine rings is 1. The highest BCUT2D eigenvalue weighted by atomic mass is 16.5. The van der Waals surface area contributed by atoms with Gasteiger partial charge in [-0.3, -0.25) is 14.6 Å². The molecule has 1 amide bonds. The maximum absolute atomic E-state index is 12.3. The van der Waals surface area contributed by atoms with Crippen molar-refractivity contribution in [1.29, 1.82) is 0 Å². The molecule has 2 aromatic rings. The molecule has 2 rings (SSSR count). The van der Waals surface area contributed by atoms with Crippen molar-refractivity contribution in [3.05, 3.63) is 59.4 Å². The summed E-state index contributed by atoms with van der Waals surface area (Å²) in [4.78, 5) is 27.5. The summed E-state index contributed by atoms with van der Waals surface area (Å²) in [6.45, 7) is 4.02. The Kier molecular flexibility index (Phi) is 7.14. The molecule has 0 saturated carbocycles. The quantitative estimate of drug-likeness (QED) is 0.734. The Bertz CT molecular complexity index is 694. The molecule has 0 aliphatic heterocycles. The second kappa shape index (κ2) is 9.57. The highest BCUT2D eigenvalue weighted by Crippen LogP contribution is 2.13. The smallest absolute Gasteiger partial charge is 0.305 e. The number of anilines is 1. The molecule has 5 heteroatoms. The van der Waals surface area contributed by atoms with Crippen molar-refractivity contribution in [3.63, 3.8) is 0 Å². The van der Waals surface area contributed by atoms with Gasteiger partial charge in [0.25, 0.3) is 5.91 Å². The monoisotopic (exact) mass is 340 g/mol. The Morgan fingerprint density at radius 1 is 1.08 bits per heavy atom. The van der Waals surface area contributed by atoms with Gasteiger partial charge >= 0.3 is 5.97 Å². The number of unbranched alkanes of at least 4 members (excludes halogenated alkanes) is 1. The fourth-order valence-electron chi connectivity index (χ4n) is 2.24. The molecule has 0 unspecified atom stereocenters. The molecule has 1 N–H and O–H groups in total. The van der Waals surface area contributed by atoms with Crippen molar-refractivity contribution >= 4 is 17.6 Å². The van der Waals surface area contributed by atoms with Gasteiger partial charge in [0.15, 0.2) is 0 Å². The van der Waals surface area contributed by atoms with Gasteiger partial charge < -0.3 is 10.1 Å². The molecule has 0 aliphatic carbocycles. The van der Waals surface area contributed by atoms with Crippen LogP contribution in [0.1, 0.15) is 54.7 Å². The average molecular weight is 340 g/mol. The zero-order chi connectivity index (χ0) is 18.1. The molecule has 0 saturated heterocycles. The second-order valence-electron chi connectivity index (χ2n) is 5.81. The van der Waals surface area contributed by atoms with Crippen molar-refractivity contribution in [2.45, 2.75) is 46.1 Å². The van der Waals surface area contributed by atoms with Gasteiger partial charge in [-0.2, -0.15) is 0 Å². The third-order valence-corrected chi connectivity index (χ3v) is 3.79. The number of nitrogens with one attached hydrogen (secondary N) is 1. The van der Waals surface area contributed by atoms with Gasteiger partial charge in [0, 0.05) is 18.3 Å². The van der Waals surface area contributed by atoms with Gasteiger partial charge in [-0.05, 0) is 42.7 Å². The number of benzene rings is 1. The van der Waals surface area contributed by atoms with E-state index < -0.39 is 0 Å². The Balaban J connectivity index is 1.90. The van der Waals surface area contributed by atoms with Gasteiger partial charge in [0.05, 0.1) is 11.3 Å². The van der Waals surface area contributed by atoms with Crippen LogP contribution in [0.3, 0.4) is 0 Å². The van der Waals surface area contributed by atoms with Crippen LogP contribution in [0.4, 0.5) is 5.69 Å². The van der Waals surface area contributed by atoms with Crippen LogP contribution in [0.2, 0.25) is 0 Å². The molecular formula is C20H24N2O3. The number of hydrogen-bond acceptors (Lipinski definition) is 4. The average Bonchev–Trinajstić information content (AvgIpc) is 2.65. The molecule has 0 radical (unpaired) electrons. The maximum atomic E-state index is 12.3. The van der Waals surface area contributed by atoms with E-state index in [-0.39, 0.29) is 18.5 Å². The number of esters is 1. The number of nitrogens with zero attached hydrogens (tertiary/aromatic N) is 1. The highest BCUT2D eigenvalue weighted by Gasteiger charge is 2.08. The summed E-state index contributed by atoms with van der Waals surface area (Å²) >= 11 is 0. The normalized spacial score (nSPS) is 10.3. The first kappa shape index (κ1) is 18.6. The van der Waals surface area contributed by atoms with Crippen LogP contribution in [-0.2, 0) is 22.6 Å². The minimum Gasteiger partial charge on any atom is -0.459 e. The number of carbonyl (C=O) groups excluding carboxylic acids is 2. The zero-order valence-corrected chi connectivity index (χ0v) is 14.7. The van der Waals surface area contributed by atoms with Crippen LogP contribution in [0, 0.1) is 0 Å². The molecule has 0 bridgehead atoms. The summed E-state index contributed by atoms with van der Waals surface area (Å²) in [6, 6.07) is 11.3. The first-order valence-electron chi connectivity index (χ1n) is 8.63. The van der Waals surface area contributed by atoms with Gasteiger partial charge in [-0.1, -0.05) is 32.4 Å². The van der Waals surface area contributed by atoms with E-state index in [9.17, 15) is 9.59 Å². The lowest BCUT2D eigenvalue weighted by Crippen LogP contribution is -2.12. The molecule has 0 spiro atoms. The first-order chi connectivity index (χ1) is 12.1. The lowest BCUT2D eigenvalue weighted by Gasteiger charge is -2.07. The van der Waals surface area contributed by atoms with E-state index >= 15 is 0 Å². The van der Waals surface area contributed by atoms with E-state index in [2.05, 4.69) is 17.2 Å². The fourth-order valence-corrected chi connectivity index (χ4v) is 2.24. The van der Waals surface area contributed by atoms with Gasteiger partial charge in [0.2, 0.25) is 0 Å². The zero-order valence-electron chi connectivity index (χ0n) is 14.7. The summed E-state index contributed by atoms with van der Waals surface area (Å²) in [7, 11) is 0. The first-order valence-corrected chi connectivity index (χ1v) is 8.63. The van der Waals surface area contributed by atoms with E-state index in [0.29, 0.717) is 17.7 Å². The summed E-state index contributed by atoms with van der Waals surface area (Å²) in [5.41, 5.74) is 3.10. The minimum atomic E-state index is -0.272. The molecule has 0 aliphatic rings. The summed E-state index contributed by atoms with van der Waals surface area (Å²) in [6.07, 6.45) is 5.20. The molecular weight excluding hydrogens is 316 g/mol. The van der Waals surface area contributed by atoms with Crippen molar-refractivity contribution in [3.8, 4) is 0 Å². The number of ether oxygens (including phenoxy) is 1. The predicted molar refractivity (Wildman–Crippen MR) is 97.3 cm³/mol. The number of aromatic nitrogens is 1. The second-order valence-corrected chi connectivity index (χ2v) is 5.81. The van der Waals surface area contributed by atoms with E-state index in [1.165, 1.54) is 18.2 Å². The third kappa shape index (κ3) is 6.03. The largest absolute Gasteiger partial charge is 0.459 e. The van der Waals surface area contributed by atoms with Gasteiger partial charge in [-0.25, -0.2) is 0 Å². The van der Waals surface area contributed by atoms with E-state index in [1.807, 2.05) is 24.3 Å². The van der Waals surface area contributed by atoms with Crippen LogP contribution in [-0.4, -0.2) is 16.9 Å². The Hall–Kier alpha value is -2.69. The predicted octanol–water partition coefficient (Wildman–Crippen LogP) is 4.13. The fraction of sp³-hybridized carbons (Fsp3) is 0.350. The summed E-state index contributed by atoms with van der Waals surface area (Å²) < 4.78 is 5.01. The number of rotatable bonds is 8. The van der Waals surface area contributed by atoms with Crippen LogP contribution < -0.4 is 5.32 Å². The highest BCUT2D eigenvalue weighted by molar-refractivity contribution is 6.04. The lowest BCUT2D eigenvalue weighted by molar-refractivity contribution is -0.144. The van der Waals surface area contributed by atoms with E-state index in [1.54, 1.807) is 19.1 Å². The van der Waals surface area contributed by atoms with Crippen LogP contribution in [0.5, 0.6) is 0 Å². The third-order valence-electron chi connectivity index (χ3n) is 3.79. The molecule has 0 atom stereocenters. The molecule has 132 valence electrons. The van der Waals surface area contributed by atoms with E-state index in [4.69, 9.17) is 4.74 Å². The molecule has 0 fully saturated rings. The minimum absolute atomic E-state index is 0.119. The Morgan fingerprint density at radius 2 is 1.84 bits per heavy atom. The summed E-state index contributed by atoms with van der Waals surface area (Å²) in [5.74, 6) is -0.489. The van der Waals surface area contributed by atoms with Crippen LogP contribution >= 0.6 is 0 Å². The number of aryl methyl sites for hydroxylation is 1. The number of hydrogen-bond donors (Lipinski definition) is 1. The molecule has 5 nitrogen and oxygen atoms in total. The van der Waals surface area contributed by atoms with Crippen molar-refractivity contribution in [2.24, 2.45) is 0 Å². The standard InChI is InChI=1S/C20H24N2O3/c1-3-5-6-15-7-10-17(11-8-15)22-20(24)16-9-12-18(21-13-16)14-25-19(23)4-2/h7-13H,3-6,14H2,1-2H3,(H,22,24). The Morgan fingerprint density at radius 3 is 2.44 bits per heavy atom. The molecule has 1 aromatic carbocycles. The van der Waals surface area contributed by atoms with Crippen LogP contribution in [0.15, 0.2) is 42.6 Å². The van der Waals surface area contributed by atoms with E-state index in [0.717, 1.165) is 18.5 Å². The molecule has 1 aromatic heterocycles. The Labute approximate surface area is 148 Å². The topological polar surface area (TPSA) is 68.3 Å². The number of amides is 1. The molecule has 25 heavy (non-hydrogen) atoms. The van der Waals surface area contributed by atoms with Crippen molar-refractivity contribution in [2.75, 3.05) is 5.32 Å². The maximum Gasteiger partial charge on any atom is 0.305 e. The van der Waals surface area contributed by atoms with Crippen LogP contribution in [0.25, 0.3) is 0 Å². The van der Waals surface area contributed by atoms with Gasteiger partial charge in [0.1, 0.15) is 6.61 Å². The summed E-state index contributed by atoms with van der Waals surface area (Å²) in [5, 5.41) is 2.86. The number of carbonyl (C=O) groups is 2. The molecule has 1 heterocycles. The van der Waals surface area contributed by atoms with Gasteiger partial charge in [-0.15, -0.1) is 0 Å². The van der Waals surface area contributed by atoms with Crippen molar-refractivity contribution in [1.82, 2.24) is 4.98 Å².